The number of nitrogens with zero attached hydrogens (tertiary/aromatic N) is 3. The summed E-state index contributed by atoms with van der Waals surface area (Å²) in [5.74, 6) is -0.0273. The SMILES string of the molecule is C=C/C=C(F)\C(=C/C)Nc1ncc2c(C)cn(C(C)CC)c2n1. The largest absolute Gasteiger partial charge is 0.329 e. The van der Waals surface area contributed by atoms with Crippen LogP contribution in [0, 0.1) is 6.92 Å². The molecule has 1 N–H and O–H groups in total. The fourth-order valence-electron chi connectivity index (χ4n) is 2.36. The number of aryl methyl sites for hydroxylation is 1. The van der Waals surface area contributed by atoms with Gasteiger partial charge in [-0.2, -0.15) is 4.98 Å². The fourth-order valence-corrected chi connectivity index (χ4v) is 2.36. The molecule has 4 nitrogen and oxygen atoms in total. The molecule has 0 aliphatic rings. The summed E-state index contributed by atoms with van der Waals surface area (Å²) in [5, 5.41) is 3.95. The molecule has 1 atom stereocenters. The third-order valence-electron chi connectivity index (χ3n) is 3.89. The number of hydrogen-bond acceptors (Lipinski definition) is 3. The van der Waals surface area contributed by atoms with Crippen molar-refractivity contribution in [1.82, 2.24) is 14.5 Å². The average Bonchev–Trinajstić information content (AvgIpc) is 2.88. The van der Waals surface area contributed by atoms with Gasteiger partial charge in [0.1, 0.15) is 11.5 Å². The predicted octanol–water partition coefficient (Wildman–Crippen LogP) is 5.07. The smallest absolute Gasteiger partial charge is 0.229 e. The van der Waals surface area contributed by atoms with Crippen LogP contribution in [-0.2, 0) is 0 Å². The molecule has 2 aromatic rings. The molecule has 5 heteroatoms. The van der Waals surface area contributed by atoms with Crippen LogP contribution in [0.15, 0.2) is 48.7 Å². The number of nitrogens with one attached hydrogen (secondary N) is 1. The zero-order valence-corrected chi connectivity index (χ0v) is 14.1. The number of allylic oxidation sites excluding steroid dienone is 4. The summed E-state index contributed by atoms with van der Waals surface area (Å²) in [6.07, 6.45) is 9.22. The minimum atomic E-state index is -0.403. The van der Waals surface area contributed by atoms with E-state index in [-0.39, 0.29) is 0 Å². The van der Waals surface area contributed by atoms with Crippen LogP contribution in [0.5, 0.6) is 0 Å². The van der Waals surface area contributed by atoms with E-state index in [2.05, 4.69) is 46.5 Å². The lowest BCUT2D eigenvalue weighted by Crippen LogP contribution is -2.07. The maximum atomic E-state index is 13.9. The Morgan fingerprint density at radius 3 is 2.87 bits per heavy atom. The second kappa shape index (κ2) is 7.22. The lowest BCUT2D eigenvalue weighted by atomic mass is 10.2. The maximum absolute atomic E-state index is 13.9. The van der Waals surface area contributed by atoms with Crippen molar-refractivity contribution >= 4 is 17.0 Å². The zero-order chi connectivity index (χ0) is 17.0. The van der Waals surface area contributed by atoms with Gasteiger partial charge in [0.25, 0.3) is 0 Å². The predicted molar refractivity (Wildman–Crippen MR) is 94.0 cm³/mol. The maximum Gasteiger partial charge on any atom is 0.229 e. The first-order chi connectivity index (χ1) is 11.0. The summed E-state index contributed by atoms with van der Waals surface area (Å²) in [6.45, 7) is 11.6. The Hall–Kier alpha value is -2.43. The first-order valence-corrected chi connectivity index (χ1v) is 7.77. The van der Waals surface area contributed by atoms with E-state index in [1.807, 2.05) is 6.92 Å². The van der Waals surface area contributed by atoms with E-state index >= 15 is 0 Å². The molecular weight excluding hydrogens is 291 g/mol. The van der Waals surface area contributed by atoms with Gasteiger partial charge in [0.05, 0.1) is 5.70 Å². The van der Waals surface area contributed by atoms with Crippen LogP contribution in [0.4, 0.5) is 10.3 Å². The van der Waals surface area contributed by atoms with Crippen molar-refractivity contribution in [3.63, 3.8) is 0 Å². The summed E-state index contributed by atoms with van der Waals surface area (Å²) in [5.41, 5.74) is 2.32. The van der Waals surface area contributed by atoms with Crippen molar-refractivity contribution < 1.29 is 4.39 Å². The lowest BCUT2D eigenvalue weighted by Gasteiger charge is -2.13. The van der Waals surface area contributed by atoms with Gasteiger partial charge >= 0.3 is 0 Å². The van der Waals surface area contributed by atoms with E-state index < -0.39 is 5.83 Å². The highest BCUT2D eigenvalue weighted by Gasteiger charge is 2.13. The standard InChI is InChI=1S/C18H23FN4/c1-6-9-15(19)16(8-3)21-18-20-10-14-12(4)11-23(13(5)7-2)17(14)22-18/h6,8-11,13H,1,7H2,2-5H3,(H,20,21,22)/b15-9+,16-8+. The van der Waals surface area contributed by atoms with E-state index in [4.69, 9.17) is 0 Å². The van der Waals surface area contributed by atoms with Crippen molar-refractivity contribution in [2.75, 3.05) is 5.32 Å². The van der Waals surface area contributed by atoms with Gasteiger partial charge < -0.3 is 9.88 Å². The van der Waals surface area contributed by atoms with Crippen LogP contribution in [-0.4, -0.2) is 14.5 Å². The molecule has 0 spiro atoms. The number of rotatable bonds is 6. The molecule has 0 fully saturated rings. The summed E-state index contributed by atoms with van der Waals surface area (Å²) in [7, 11) is 0. The van der Waals surface area contributed by atoms with Gasteiger partial charge in [-0.3, -0.25) is 0 Å². The number of fused-ring (bicyclic) bond motifs is 1. The Labute approximate surface area is 136 Å². The van der Waals surface area contributed by atoms with E-state index in [0.29, 0.717) is 17.7 Å². The number of anilines is 1. The highest BCUT2D eigenvalue weighted by Crippen LogP contribution is 2.25. The van der Waals surface area contributed by atoms with Gasteiger partial charge in [-0.15, -0.1) is 0 Å². The summed E-state index contributed by atoms with van der Waals surface area (Å²) < 4.78 is 16.1. The van der Waals surface area contributed by atoms with Crippen LogP contribution >= 0.6 is 0 Å². The zero-order valence-electron chi connectivity index (χ0n) is 14.1. The molecule has 1 unspecified atom stereocenters. The second-order valence-corrected chi connectivity index (χ2v) is 5.49. The van der Waals surface area contributed by atoms with Crippen LogP contribution in [0.1, 0.15) is 38.8 Å². The molecule has 122 valence electrons. The van der Waals surface area contributed by atoms with Crippen LogP contribution < -0.4 is 5.32 Å². The molecule has 0 amide bonds. The molecule has 2 aromatic heterocycles. The topological polar surface area (TPSA) is 42.7 Å². The number of halogens is 1. The summed E-state index contributed by atoms with van der Waals surface area (Å²) in [4.78, 5) is 8.88. The van der Waals surface area contributed by atoms with E-state index in [1.54, 1.807) is 19.2 Å². The number of hydrogen-bond donors (Lipinski definition) is 1. The molecule has 0 saturated heterocycles. The average molecular weight is 314 g/mol. The quantitative estimate of drug-likeness (QED) is 0.757. The molecule has 0 saturated carbocycles. The van der Waals surface area contributed by atoms with Crippen molar-refractivity contribution in [2.45, 2.75) is 40.2 Å². The van der Waals surface area contributed by atoms with Crippen molar-refractivity contribution in [1.29, 1.82) is 0 Å². The van der Waals surface area contributed by atoms with Gasteiger partial charge in [0, 0.05) is 23.8 Å². The molecule has 0 bridgehead atoms. The highest BCUT2D eigenvalue weighted by atomic mass is 19.1. The molecule has 23 heavy (non-hydrogen) atoms. The Kier molecular flexibility index (Phi) is 5.32. The lowest BCUT2D eigenvalue weighted by molar-refractivity contribution is 0.544. The molecule has 0 radical (unpaired) electrons. The fraction of sp³-hybridized carbons (Fsp3) is 0.333. The van der Waals surface area contributed by atoms with E-state index in [9.17, 15) is 4.39 Å². The van der Waals surface area contributed by atoms with Crippen molar-refractivity contribution in [2.24, 2.45) is 0 Å². The van der Waals surface area contributed by atoms with Gasteiger partial charge in [0.2, 0.25) is 5.95 Å². The second-order valence-electron chi connectivity index (χ2n) is 5.49. The van der Waals surface area contributed by atoms with Gasteiger partial charge in [-0.1, -0.05) is 25.7 Å². The summed E-state index contributed by atoms with van der Waals surface area (Å²) in [6, 6.07) is 0.340. The minimum Gasteiger partial charge on any atom is -0.329 e. The monoisotopic (exact) mass is 314 g/mol. The molecule has 0 aliphatic heterocycles. The Balaban J connectivity index is 2.43. The molecule has 2 heterocycles. The molecule has 0 aliphatic carbocycles. The molecule has 2 rings (SSSR count). The van der Waals surface area contributed by atoms with Gasteiger partial charge in [-0.25, -0.2) is 9.37 Å². The first-order valence-electron chi connectivity index (χ1n) is 7.77. The van der Waals surface area contributed by atoms with Crippen molar-refractivity contribution in [3.05, 3.63) is 54.3 Å². The summed E-state index contributed by atoms with van der Waals surface area (Å²) >= 11 is 0. The van der Waals surface area contributed by atoms with Gasteiger partial charge in [0.15, 0.2) is 0 Å². The number of aromatic nitrogens is 3. The minimum absolute atomic E-state index is 0.322. The highest BCUT2D eigenvalue weighted by molar-refractivity contribution is 5.80. The van der Waals surface area contributed by atoms with E-state index in [1.165, 1.54) is 12.2 Å². The molecular formula is C18H23FN4. The Bertz CT molecular complexity index is 771. The van der Waals surface area contributed by atoms with Crippen LogP contribution in [0.3, 0.4) is 0 Å². The third-order valence-corrected chi connectivity index (χ3v) is 3.89. The third kappa shape index (κ3) is 3.50. The normalized spacial score (nSPS) is 14.1. The Morgan fingerprint density at radius 2 is 2.26 bits per heavy atom. The van der Waals surface area contributed by atoms with Gasteiger partial charge in [-0.05, 0) is 38.8 Å². The van der Waals surface area contributed by atoms with E-state index in [0.717, 1.165) is 23.0 Å². The van der Waals surface area contributed by atoms with Crippen molar-refractivity contribution in [3.8, 4) is 0 Å². The van der Waals surface area contributed by atoms with Crippen LogP contribution in [0.25, 0.3) is 11.0 Å². The van der Waals surface area contributed by atoms with Crippen LogP contribution in [0.2, 0.25) is 0 Å². The molecule has 0 aromatic carbocycles. The first kappa shape index (κ1) is 16.9. The Morgan fingerprint density at radius 1 is 1.52 bits per heavy atom.